The molecule has 0 spiro atoms. The Balaban J connectivity index is 0.000000252. The van der Waals surface area contributed by atoms with Gasteiger partial charge in [-0.3, -0.25) is 41.7 Å². The molecule has 9 aromatic rings. The molecule has 6 amide bonds. The maximum atomic E-state index is 13.0. The number of hydrogen-bond donors (Lipinski definition) is 9. The van der Waals surface area contributed by atoms with Crippen LogP contribution in [0.15, 0.2) is 164 Å². The van der Waals surface area contributed by atoms with Gasteiger partial charge in [0.2, 0.25) is 30.1 Å². The van der Waals surface area contributed by atoms with Gasteiger partial charge in [-0.05, 0) is 192 Å². The van der Waals surface area contributed by atoms with Gasteiger partial charge >= 0.3 is 0 Å². The number of unbranched alkanes of at least 4 members (excludes halogenated alkanes) is 3. The summed E-state index contributed by atoms with van der Waals surface area (Å²) in [5.41, 5.74) is 2.45. The zero-order valence-electron chi connectivity index (χ0n) is 67.0. The molecular weight excluding hydrogens is 1830 g/mol. The van der Waals surface area contributed by atoms with Crippen LogP contribution in [0.3, 0.4) is 0 Å². The van der Waals surface area contributed by atoms with Crippen molar-refractivity contribution in [2.24, 2.45) is 0 Å². The molecule has 0 fully saturated rings. The fraction of sp³-hybridized carbons (Fsp3) is 0.277. The highest BCUT2D eigenvalue weighted by Crippen LogP contribution is 2.39. The van der Waals surface area contributed by atoms with Crippen LogP contribution < -0.4 is 59.0 Å². The molecule has 9 N–H and O–H groups in total. The van der Waals surface area contributed by atoms with E-state index < -0.39 is 83.8 Å². The molecule has 654 valence electrons. The van der Waals surface area contributed by atoms with Gasteiger partial charge in [-0.15, -0.1) is 0 Å². The number of hydrogen-bond acceptors (Lipinski definition) is 18. The number of rotatable bonds is 35. The number of sulfonamides is 3. The lowest BCUT2D eigenvalue weighted by atomic mass is 10.2. The van der Waals surface area contributed by atoms with Gasteiger partial charge < -0.3 is 61.4 Å². The SMILES string of the molecule is CCCCS(=O)(=O)N(C)c1ccc(OC(C)C(=O)Nc2cc(O)c(NC(=O)c3ccc(Cl)c(Cl)c3)cc2Cl)cc1.CCCCS(=O)(=O)N(C)c1ccc(OC(CC)C(=O)Nc2cc(O)c(NC(=O)c3ccc(Cl)c(Cl)c3)cc2Cl)cc1.CCCCS(=O)(=O)N(CC)c1ccc(OC(C)C(=O)Nc2cc(O)c(NC(=O)c3ccc(Cl)c(Cl)c3)cc2Cl)cc1. The Hall–Kier alpha value is -9.54. The van der Waals surface area contributed by atoms with Gasteiger partial charge in [0.1, 0.15) is 34.5 Å². The fourth-order valence-corrected chi connectivity index (χ4v) is 16.8. The van der Waals surface area contributed by atoms with E-state index in [1.807, 2.05) is 20.8 Å². The number of ether oxygens (including phenoxy) is 3. The van der Waals surface area contributed by atoms with E-state index in [1.165, 1.54) is 132 Å². The number of benzene rings is 9. The third-order valence-electron chi connectivity index (χ3n) is 17.9. The molecule has 0 aliphatic rings. The Morgan fingerprint density at radius 1 is 0.344 bits per heavy atom. The van der Waals surface area contributed by atoms with Crippen LogP contribution in [0, 0.1) is 0 Å². The summed E-state index contributed by atoms with van der Waals surface area (Å²) in [5.74, 6) is -3.07. The van der Waals surface area contributed by atoms with Crippen LogP contribution in [0.5, 0.6) is 34.5 Å². The largest absolute Gasteiger partial charge is 0.506 e. The molecule has 0 aromatic heterocycles. The Kier molecular flexibility index (Phi) is 37.3. The number of phenols is 3. The van der Waals surface area contributed by atoms with Crippen molar-refractivity contribution in [1.29, 1.82) is 0 Å². The Morgan fingerprint density at radius 2 is 0.631 bits per heavy atom. The second kappa shape index (κ2) is 45.7. The van der Waals surface area contributed by atoms with E-state index in [2.05, 4.69) is 31.9 Å². The van der Waals surface area contributed by atoms with Crippen molar-refractivity contribution in [3.63, 3.8) is 0 Å². The number of carbonyl (C=O) groups excluding carboxylic acids is 6. The summed E-state index contributed by atoms with van der Waals surface area (Å²) in [6, 6.07) is 39.6. The van der Waals surface area contributed by atoms with Crippen molar-refractivity contribution >= 4 is 221 Å². The van der Waals surface area contributed by atoms with Crippen LogP contribution in [0.1, 0.15) is 124 Å². The summed E-state index contributed by atoms with van der Waals surface area (Å²) in [7, 11) is -7.34. The topological polar surface area (TPSA) is 375 Å². The van der Waals surface area contributed by atoms with E-state index in [-0.39, 0.29) is 122 Å². The molecule has 9 rings (SSSR count). The van der Waals surface area contributed by atoms with Gasteiger partial charge in [-0.1, -0.05) is 151 Å². The highest BCUT2D eigenvalue weighted by Gasteiger charge is 2.28. The summed E-state index contributed by atoms with van der Waals surface area (Å²) in [6.07, 6.45) is 1.47. The van der Waals surface area contributed by atoms with Crippen molar-refractivity contribution in [2.75, 3.05) is 82.7 Å². The fourth-order valence-electron chi connectivity index (χ4n) is 10.8. The van der Waals surface area contributed by atoms with Gasteiger partial charge in [0.15, 0.2) is 18.3 Å². The molecule has 3 atom stereocenters. The lowest BCUT2D eigenvalue weighted by Crippen LogP contribution is -2.33. The van der Waals surface area contributed by atoms with Gasteiger partial charge in [0.05, 0.1) is 114 Å². The van der Waals surface area contributed by atoms with Crippen LogP contribution in [-0.2, 0) is 44.5 Å². The number of nitrogens with zero attached hydrogens (tertiary/aromatic N) is 3. The first-order chi connectivity index (χ1) is 57.5. The van der Waals surface area contributed by atoms with E-state index >= 15 is 0 Å². The number of nitrogens with one attached hydrogen (secondary N) is 6. The van der Waals surface area contributed by atoms with Crippen LogP contribution in [0.4, 0.5) is 51.2 Å². The molecule has 3 unspecified atom stereocenters. The van der Waals surface area contributed by atoms with Crippen LogP contribution in [-0.4, -0.2) is 132 Å². The van der Waals surface area contributed by atoms with Crippen molar-refractivity contribution in [1.82, 2.24) is 0 Å². The summed E-state index contributed by atoms with van der Waals surface area (Å²) in [4.78, 5) is 76.1. The minimum Gasteiger partial charge on any atom is -0.506 e. The summed E-state index contributed by atoms with van der Waals surface area (Å²) in [6.45, 7) is 12.6. The van der Waals surface area contributed by atoms with E-state index in [9.17, 15) is 69.3 Å². The number of halogens is 9. The lowest BCUT2D eigenvalue weighted by molar-refractivity contribution is -0.123. The van der Waals surface area contributed by atoms with Gasteiger partial charge in [0.25, 0.3) is 35.4 Å². The molecule has 0 radical (unpaired) electrons. The zero-order valence-corrected chi connectivity index (χ0v) is 76.3. The Morgan fingerprint density at radius 3 is 0.918 bits per heavy atom. The molecular formula is C83H88Cl9N9O18S3. The first-order valence-electron chi connectivity index (χ1n) is 37.6. The number of phenolic OH excluding ortho intramolecular Hbond substituents is 3. The van der Waals surface area contributed by atoms with E-state index in [4.69, 9.17) is 119 Å². The highest BCUT2D eigenvalue weighted by molar-refractivity contribution is 7.93. The molecule has 0 bridgehead atoms. The van der Waals surface area contributed by atoms with Gasteiger partial charge in [-0.25, -0.2) is 25.3 Å². The Bertz CT molecular complexity index is 5620. The monoisotopic (exact) mass is 1910 g/mol. The third kappa shape index (κ3) is 28.2. The second-order valence-corrected chi connectivity index (χ2v) is 36.8. The third-order valence-corrected chi connectivity index (χ3v) is 26.7. The van der Waals surface area contributed by atoms with Crippen LogP contribution in [0.2, 0.25) is 45.2 Å². The van der Waals surface area contributed by atoms with E-state index in [0.717, 1.165) is 19.3 Å². The van der Waals surface area contributed by atoms with Gasteiger partial charge in [-0.2, -0.15) is 0 Å². The van der Waals surface area contributed by atoms with Crippen LogP contribution >= 0.6 is 104 Å². The maximum absolute atomic E-state index is 13.0. The van der Waals surface area contributed by atoms with Gasteiger partial charge in [0, 0.05) is 55.5 Å². The Labute approximate surface area is 753 Å². The van der Waals surface area contributed by atoms with E-state index in [0.29, 0.717) is 75.1 Å². The number of amides is 6. The standard InChI is InChI=1S/2C28H30Cl3N3O6S.C27H28Cl3N3O6S/c1-4-6-13-41(38,39)34(3)18-8-10-19(11-9-18)40-26(5-2)28(37)32-23-16-25(35)24(15-22(23)31)33-27(36)17-7-12-20(29)21(30)14-17;1-4-6-13-41(38,39)34(5-2)19-8-10-20(11-9-19)40-17(3)27(36)32-24-16-26(35)25(15-23(24)31)33-28(37)18-7-12-21(29)22(30)14-18;1-4-5-12-40(37,38)33(3)18-7-9-19(10-8-18)39-16(2)26(35)31-23-15-25(34)24(14-22(23)30)32-27(36)17-6-11-20(28)21(29)13-17/h7-12,14-16,26,35H,4-6,13H2,1-3H3,(H,32,37)(H,33,36);7-12,14-17,35H,4-6,13H2,1-3H3,(H,32,36)(H,33,37);6-11,13-16,34H,4-5,12H2,1-3H3,(H,31,35)(H,32,36). The first kappa shape index (κ1) is 99.6. The predicted octanol–water partition coefficient (Wildman–Crippen LogP) is 20.5. The van der Waals surface area contributed by atoms with Crippen molar-refractivity contribution in [3.8, 4) is 34.5 Å². The molecule has 0 heterocycles. The molecule has 0 saturated heterocycles. The molecule has 9 aromatic carbocycles. The molecule has 0 saturated carbocycles. The predicted molar refractivity (Wildman–Crippen MR) is 489 cm³/mol. The molecule has 27 nitrogen and oxygen atoms in total. The van der Waals surface area contributed by atoms with Crippen LogP contribution in [0.25, 0.3) is 0 Å². The normalized spacial score (nSPS) is 12.0. The quantitative estimate of drug-likeness (QED) is 0.0167. The minimum absolute atomic E-state index is 0.0186. The molecule has 39 heteroatoms. The highest BCUT2D eigenvalue weighted by atomic mass is 35.5. The summed E-state index contributed by atoms with van der Waals surface area (Å²) < 4.78 is 96.0. The maximum Gasteiger partial charge on any atom is 0.265 e. The van der Waals surface area contributed by atoms with Crippen molar-refractivity contribution in [3.05, 3.63) is 226 Å². The molecule has 0 aliphatic heterocycles. The first-order valence-corrected chi connectivity index (χ1v) is 45.8. The average molecular weight is 1910 g/mol. The lowest BCUT2D eigenvalue weighted by Gasteiger charge is -2.23. The second-order valence-electron chi connectivity index (χ2n) is 26.9. The number of carbonyl (C=O) groups is 6. The van der Waals surface area contributed by atoms with Crippen molar-refractivity contribution < 1.29 is 83.6 Å². The zero-order chi connectivity index (χ0) is 90.3. The molecule has 0 aliphatic carbocycles. The summed E-state index contributed by atoms with van der Waals surface area (Å²) >= 11 is 54.5. The number of aromatic hydroxyl groups is 3. The van der Waals surface area contributed by atoms with Crippen molar-refractivity contribution in [2.45, 2.75) is 112 Å². The number of anilines is 9. The summed E-state index contributed by atoms with van der Waals surface area (Å²) in [5, 5.41) is 48.4. The minimum atomic E-state index is -3.44. The smallest absolute Gasteiger partial charge is 0.265 e. The molecule has 122 heavy (non-hydrogen) atoms. The average Bonchev–Trinajstić information content (AvgIpc) is 0.836. The van der Waals surface area contributed by atoms with E-state index in [1.54, 1.807) is 86.6 Å².